The minimum atomic E-state index is 0.179. The molecule has 1 aromatic carbocycles. The molecule has 1 aliphatic rings. The van der Waals surface area contributed by atoms with Crippen molar-refractivity contribution in [3.8, 4) is 0 Å². The van der Waals surface area contributed by atoms with Gasteiger partial charge in [0.05, 0.1) is 10.7 Å². The van der Waals surface area contributed by atoms with Crippen LogP contribution >= 0.6 is 11.3 Å². The van der Waals surface area contributed by atoms with Crippen LogP contribution in [-0.2, 0) is 12.8 Å². The smallest absolute Gasteiger partial charge is 0.265 e. The maximum absolute atomic E-state index is 12.7. The Labute approximate surface area is 142 Å². The lowest BCUT2D eigenvalue weighted by molar-refractivity contribution is 0.0701. The number of aryl methyl sites for hydroxylation is 3. The number of benzene rings is 1. The van der Waals surface area contributed by atoms with E-state index in [9.17, 15) is 4.79 Å². The van der Waals surface area contributed by atoms with Crippen LogP contribution in [0.1, 0.15) is 45.7 Å². The van der Waals surface area contributed by atoms with Crippen molar-refractivity contribution >= 4 is 17.2 Å². The second kappa shape index (κ2) is 7.26. The van der Waals surface area contributed by atoms with E-state index in [0.717, 1.165) is 60.3 Å². The number of nitrogens with zero attached hydrogens (tertiary/aromatic N) is 2. The summed E-state index contributed by atoms with van der Waals surface area (Å²) in [6.45, 7) is 6.00. The minimum absolute atomic E-state index is 0.179. The number of likely N-dealkylation sites (tertiary alicyclic amines) is 1. The predicted molar refractivity (Wildman–Crippen MR) is 95.0 cm³/mol. The van der Waals surface area contributed by atoms with Gasteiger partial charge in [-0.2, -0.15) is 0 Å². The molecular weight excluding hydrogens is 304 g/mol. The first kappa shape index (κ1) is 16.2. The summed E-state index contributed by atoms with van der Waals surface area (Å²) < 4.78 is 0. The van der Waals surface area contributed by atoms with E-state index < -0.39 is 0 Å². The van der Waals surface area contributed by atoms with Gasteiger partial charge in [-0.05, 0) is 37.7 Å². The molecule has 122 valence electrons. The highest BCUT2D eigenvalue weighted by Crippen LogP contribution is 2.24. The highest BCUT2D eigenvalue weighted by Gasteiger charge is 2.24. The Morgan fingerprint density at radius 1 is 1.22 bits per heavy atom. The summed E-state index contributed by atoms with van der Waals surface area (Å²) >= 11 is 1.58. The van der Waals surface area contributed by atoms with Gasteiger partial charge >= 0.3 is 0 Å². The predicted octanol–water partition coefficient (Wildman–Crippen LogP) is 4.11. The molecule has 23 heavy (non-hydrogen) atoms. The van der Waals surface area contributed by atoms with E-state index in [2.05, 4.69) is 36.2 Å². The lowest BCUT2D eigenvalue weighted by atomic mass is 9.99. The average Bonchev–Trinajstić information content (AvgIpc) is 2.95. The summed E-state index contributed by atoms with van der Waals surface area (Å²) in [5.74, 6) is 0.918. The fraction of sp³-hybridized carbons (Fsp3) is 0.474. The van der Waals surface area contributed by atoms with E-state index in [1.165, 1.54) is 5.56 Å². The number of carbonyl (C=O) groups is 1. The minimum Gasteiger partial charge on any atom is -0.338 e. The third-order valence-electron chi connectivity index (χ3n) is 4.58. The topological polar surface area (TPSA) is 33.2 Å². The molecule has 2 aromatic rings. The molecule has 2 heterocycles. The van der Waals surface area contributed by atoms with E-state index in [-0.39, 0.29) is 5.91 Å². The fourth-order valence-electron chi connectivity index (χ4n) is 3.01. The van der Waals surface area contributed by atoms with Crippen LogP contribution in [0.4, 0.5) is 0 Å². The van der Waals surface area contributed by atoms with Crippen LogP contribution in [0.2, 0.25) is 0 Å². The molecule has 1 aliphatic heterocycles. The zero-order valence-electron chi connectivity index (χ0n) is 13.9. The first-order valence-electron chi connectivity index (χ1n) is 8.43. The normalized spacial score (nSPS) is 15.8. The molecule has 1 aromatic heterocycles. The molecular formula is C19H24N2OS. The zero-order valence-corrected chi connectivity index (χ0v) is 14.7. The fourth-order valence-corrected chi connectivity index (χ4v) is 4.04. The number of thiazole rings is 1. The Morgan fingerprint density at radius 3 is 2.61 bits per heavy atom. The molecule has 3 nitrogen and oxygen atoms in total. The van der Waals surface area contributed by atoms with E-state index >= 15 is 0 Å². The molecule has 0 spiro atoms. The van der Waals surface area contributed by atoms with Gasteiger partial charge in [0.1, 0.15) is 4.88 Å². The van der Waals surface area contributed by atoms with Crippen molar-refractivity contribution in [3.05, 3.63) is 51.5 Å². The van der Waals surface area contributed by atoms with Gasteiger partial charge in [0.2, 0.25) is 0 Å². The summed E-state index contributed by atoms with van der Waals surface area (Å²) in [5.41, 5.74) is 2.21. The van der Waals surface area contributed by atoms with Gasteiger partial charge in [-0.25, -0.2) is 4.98 Å². The third-order valence-corrected chi connectivity index (χ3v) is 5.78. The molecule has 0 radical (unpaired) electrons. The number of aromatic nitrogens is 1. The first-order chi connectivity index (χ1) is 11.1. The number of hydrogen-bond acceptors (Lipinski definition) is 3. The highest BCUT2D eigenvalue weighted by molar-refractivity contribution is 7.13. The van der Waals surface area contributed by atoms with Gasteiger partial charge in [0.15, 0.2) is 0 Å². The summed E-state index contributed by atoms with van der Waals surface area (Å²) in [4.78, 5) is 20.2. The van der Waals surface area contributed by atoms with E-state index in [4.69, 9.17) is 0 Å². The van der Waals surface area contributed by atoms with Gasteiger partial charge in [-0.15, -0.1) is 11.3 Å². The molecule has 1 fully saturated rings. The monoisotopic (exact) mass is 328 g/mol. The standard InChI is InChI=1S/C19H24N2OS/c1-14-10-12-21(13-11-14)19(22)18-15(2)20-17(23-18)9-8-16-6-4-3-5-7-16/h3-7,14H,8-13H2,1-2H3. The van der Waals surface area contributed by atoms with Crippen molar-refractivity contribution in [1.29, 1.82) is 0 Å². The molecule has 0 unspecified atom stereocenters. The Balaban J connectivity index is 1.64. The molecule has 3 rings (SSSR count). The number of amides is 1. The van der Waals surface area contributed by atoms with Gasteiger partial charge in [0, 0.05) is 19.5 Å². The van der Waals surface area contributed by atoms with Gasteiger partial charge in [-0.1, -0.05) is 37.3 Å². The van der Waals surface area contributed by atoms with Crippen molar-refractivity contribution in [2.45, 2.75) is 39.5 Å². The van der Waals surface area contributed by atoms with Crippen molar-refractivity contribution in [3.63, 3.8) is 0 Å². The van der Waals surface area contributed by atoms with Crippen LogP contribution < -0.4 is 0 Å². The zero-order chi connectivity index (χ0) is 16.2. The lowest BCUT2D eigenvalue weighted by Gasteiger charge is -2.30. The average molecular weight is 328 g/mol. The molecule has 0 aliphatic carbocycles. The largest absolute Gasteiger partial charge is 0.338 e. The molecule has 0 N–H and O–H groups in total. The third kappa shape index (κ3) is 3.99. The van der Waals surface area contributed by atoms with Crippen molar-refractivity contribution in [2.24, 2.45) is 5.92 Å². The molecule has 0 saturated carbocycles. The van der Waals surface area contributed by atoms with E-state index in [1.54, 1.807) is 11.3 Å². The van der Waals surface area contributed by atoms with Crippen LogP contribution in [0.5, 0.6) is 0 Å². The summed E-state index contributed by atoms with van der Waals surface area (Å²) in [6.07, 6.45) is 4.11. The van der Waals surface area contributed by atoms with Gasteiger partial charge in [-0.3, -0.25) is 4.79 Å². The van der Waals surface area contributed by atoms with Crippen LogP contribution in [-0.4, -0.2) is 28.9 Å². The Kier molecular flexibility index (Phi) is 5.11. The molecule has 0 bridgehead atoms. The maximum atomic E-state index is 12.7. The first-order valence-corrected chi connectivity index (χ1v) is 9.24. The van der Waals surface area contributed by atoms with Crippen molar-refractivity contribution in [2.75, 3.05) is 13.1 Å². The molecule has 4 heteroatoms. The Bertz CT molecular complexity index is 657. The molecule has 1 saturated heterocycles. The number of piperidine rings is 1. The second-order valence-electron chi connectivity index (χ2n) is 6.48. The number of carbonyl (C=O) groups excluding carboxylic acids is 1. The summed E-state index contributed by atoms with van der Waals surface area (Å²) in [7, 11) is 0. The van der Waals surface area contributed by atoms with Gasteiger partial charge < -0.3 is 4.90 Å². The van der Waals surface area contributed by atoms with E-state index in [1.807, 2.05) is 17.9 Å². The van der Waals surface area contributed by atoms with E-state index in [0.29, 0.717) is 0 Å². The van der Waals surface area contributed by atoms with Crippen LogP contribution in [0.25, 0.3) is 0 Å². The lowest BCUT2D eigenvalue weighted by Crippen LogP contribution is -2.37. The van der Waals surface area contributed by atoms with Crippen LogP contribution in [0.3, 0.4) is 0 Å². The Morgan fingerprint density at radius 2 is 1.91 bits per heavy atom. The van der Waals surface area contributed by atoms with Crippen LogP contribution in [0, 0.1) is 12.8 Å². The number of hydrogen-bond donors (Lipinski definition) is 0. The highest BCUT2D eigenvalue weighted by atomic mass is 32.1. The molecule has 0 atom stereocenters. The number of rotatable bonds is 4. The molecule has 1 amide bonds. The van der Waals surface area contributed by atoms with Gasteiger partial charge in [0.25, 0.3) is 5.91 Å². The summed E-state index contributed by atoms with van der Waals surface area (Å²) in [6, 6.07) is 10.4. The van der Waals surface area contributed by atoms with Crippen LogP contribution in [0.15, 0.2) is 30.3 Å². The van der Waals surface area contributed by atoms with Crippen molar-refractivity contribution in [1.82, 2.24) is 9.88 Å². The summed E-state index contributed by atoms with van der Waals surface area (Å²) in [5, 5.41) is 1.07. The van der Waals surface area contributed by atoms with Crippen molar-refractivity contribution < 1.29 is 4.79 Å². The Hall–Kier alpha value is -1.68. The quantitative estimate of drug-likeness (QED) is 0.846. The second-order valence-corrected chi connectivity index (χ2v) is 7.57. The maximum Gasteiger partial charge on any atom is 0.265 e. The SMILES string of the molecule is Cc1nc(CCc2ccccc2)sc1C(=O)N1CCC(C)CC1.